The molecule has 2 amide bonds. The van der Waals surface area contributed by atoms with Crippen LogP contribution in [-0.4, -0.2) is 17.6 Å². The van der Waals surface area contributed by atoms with Crippen LogP contribution in [0.1, 0.15) is 0 Å². The first kappa shape index (κ1) is 13.0. The van der Waals surface area contributed by atoms with E-state index in [9.17, 15) is 4.79 Å². The van der Waals surface area contributed by atoms with Gasteiger partial charge in [0.05, 0.1) is 21.6 Å². The van der Waals surface area contributed by atoms with Gasteiger partial charge in [0.15, 0.2) is 0 Å². The largest absolute Gasteiger partial charge is 0.392 e. The lowest BCUT2D eigenvalue weighted by Gasteiger charge is -2.07. The van der Waals surface area contributed by atoms with Crippen molar-refractivity contribution >= 4 is 52.1 Å². The van der Waals surface area contributed by atoms with E-state index in [1.165, 1.54) is 0 Å². The lowest BCUT2D eigenvalue weighted by molar-refractivity contribution is 0.253. The van der Waals surface area contributed by atoms with Crippen molar-refractivity contribution in [3.63, 3.8) is 0 Å². The number of hydrogen-bond acceptors (Lipinski definition) is 2. The highest BCUT2D eigenvalue weighted by Gasteiger charge is 2.03. The first-order chi connectivity index (χ1) is 7.49. The first-order valence-corrected chi connectivity index (χ1v) is 5.43. The van der Waals surface area contributed by atoms with Crippen LogP contribution >= 0.6 is 35.4 Å². The Morgan fingerprint density at radius 3 is 2.62 bits per heavy atom. The molecule has 4 nitrogen and oxygen atoms in total. The van der Waals surface area contributed by atoms with Gasteiger partial charge in [0.2, 0.25) is 0 Å². The Bertz CT molecular complexity index is 425. The highest BCUT2D eigenvalue weighted by atomic mass is 35.5. The van der Waals surface area contributed by atoms with Crippen LogP contribution in [0.15, 0.2) is 18.2 Å². The summed E-state index contributed by atoms with van der Waals surface area (Å²) < 4.78 is 0. The van der Waals surface area contributed by atoms with Gasteiger partial charge in [0, 0.05) is 5.69 Å². The summed E-state index contributed by atoms with van der Waals surface area (Å²) in [6, 6.07) is 4.36. The van der Waals surface area contributed by atoms with E-state index in [1.54, 1.807) is 18.2 Å². The molecule has 0 atom stereocenters. The number of amides is 2. The van der Waals surface area contributed by atoms with Crippen molar-refractivity contribution in [3.8, 4) is 0 Å². The predicted octanol–water partition coefficient (Wildman–Crippen LogP) is 2.40. The number of carbonyl (C=O) groups excluding carboxylic acids is 1. The molecule has 0 aliphatic rings. The summed E-state index contributed by atoms with van der Waals surface area (Å²) >= 11 is 16.1. The maximum absolute atomic E-state index is 11.3. The van der Waals surface area contributed by atoms with Crippen LogP contribution in [0.25, 0.3) is 0 Å². The molecule has 1 aromatic rings. The molecule has 7 heteroatoms. The average Bonchev–Trinajstić information content (AvgIpc) is 2.21. The third-order valence-corrected chi connectivity index (χ3v) is 2.48. The van der Waals surface area contributed by atoms with Gasteiger partial charge >= 0.3 is 6.03 Å². The van der Waals surface area contributed by atoms with Gasteiger partial charge in [0.25, 0.3) is 0 Å². The second-order valence-electron chi connectivity index (χ2n) is 2.90. The summed E-state index contributed by atoms with van der Waals surface area (Å²) in [6.45, 7) is 0.141. The van der Waals surface area contributed by atoms with Gasteiger partial charge in [0.1, 0.15) is 0 Å². The SMILES string of the molecule is NC(=S)CNC(=O)Nc1ccc(Cl)c(Cl)c1. The smallest absolute Gasteiger partial charge is 0.319 e. The zero-order chi connectivity index (χ0) is 12.1. The molecular weight excluding hydrogens is 269 g/mol. The Morgan fingerprint density at radius 2 is 2.06 bits per heavy atom. The van der Waals surface area contributed by atoms with Crippen molar-refractivity contribution in [2.75, 3.05) is 11.9 Å². The van der Waals surface area contributed by atoms with E-state index in [0.29, 0.717) is 15.7 Å². The molecule has 0 aliphatic carbocycles. The highest BCUT2D eigenvalue weighted by Crippen LogP contribution is 2.24. The van der Waals surface area contributed by atoms with E-state index in [2.05, 4.69) is 22.9 Å². The minimum absolute atomic E-state index is 0.141. The quantitative estimate of drug-likeness (QED) is 0.744. The molecule has 16 heavy (non-hydrogen) atoms. The van der Waals surface area contributed by atoms with Crippen LogP contribution in [0.3, 0.4) is 0 Å². The zero-order valence-electron chi connectivity index (χ0n) is 8.09. The maximum Gasteiger partial charge on any atom is 0.319 e. The topological polar surface area (TPSA) is 67.1 Å². The molecule has 86 valence electrons. The summed E-state index contributed by atoms with van der Waals surface area (Å²) in [6.07, 6.45) is 0. The third-order valence-electron chi connectivity index (χ3n) is 1.60. The third kappa shape index (κ3) is 4.22. The first-order valence-electron chi connectivity index (χ1n) is 4.27. The molecule has 1 aromatic carbocycles. The van der Waals surface area contributed by atoms with Crippen molar-refractivity contribution in [1.82, 2.24) is 5.32 Å². The molecule has 0 heterocycles. The van der Waals surface area contributed by atoms with Crippen molar-refractivity contribution in [2.24, 2.45) is 5.73 Å². The van der Waals surface area contributed by atoms with Crippen molar-refractivity contribution in [3.05, 3.63) is 28.2 Å². The fourth-order valence-corrected chi connectivity index (χ4v) is 1.29. The van der Waals surface area contributed by atoms with Crippen molar-refractivity contribution in [2.45, 2.75) is 0 Å². The van der Waals surface area contributed by atoms with E-state index < -0.39 is 6.03 Å². The Labute approximate surface area is 108 Å². The number of carbonyl (C=O) groups is 1. The molecule has 0 fully saturated rings. The van der Waals surface area contributed by atoms with Crippen LogP contribution in [0.5, 0.6) is 0 Å². The van der Waals surface area contributed by atoms with Crippen LogP contribution in [-0.2, 0) is 0 Å². The van der Waals surface area contributed by atoms with Gasteiger partial charge in [-0.1, -0.05) is 35.4 Å². The van der Waals surface area contributed by atoms with E-state index in [1.807, 2.05) is 0 Å². The fourth-order valence-electron chi connectivity index (χ4n) is 0.917. The molecule has 0 bridgehead atoms. The lowest BCUT2D eigenvalue weighted by Crippen LogP contribution is -2.35. The molecule has 0 aromatic heterocycles. The van der Waals surface area contributed by atoms with E-state index in [0.717, 1.165) is 0 Å². The standard InChI is InChI=1S/C9H9Cl2N3OS/c10-6-2-1-5(3-7(6)11)14-9(15)13-4-8(12)16/h1-3H,4H2,(H2,12,16)(H2,13,14,15). The molecule has 0 saturated heterocycles. The number of urea groups is 1. The number of hydrogen-bond donors (Lipinski definition) is 3. The normalized spacial score (nSPS) is 9.62. The number of benzene rings is 1. The van der Waals surface area contributed by atoms with Crippen LogP contribution < -0.4 is 16.4 Å². The van der Waals surface area contributed by atoms with Crippen molar-refractivity contribution in [1.29, 1.82) is 0 Å². The van der Waals surface area contributed by atoms with Gasteiger partial charge < -0.3 is 16.4 Å². The molecule has 0 spiro atoms. The highest BCUT2D eigenvalue weighted by molar-refractivity contribution is 7.80. The number of rotatable bonds is 3. The summed E-state index contributed by atoms with van der Waals surface area (Å²) in [4.78, 5) is 11.5. The molecule has 0 radical (unpaired) electrons. The number of anilines is 1. The van der Waals surface area contributed by atoms with Crippen LogP contribution in [0.4, 0.5) is 10.5 Å². The van der Waals surface area contributed by atoms with E-state index in [-0.39, 0.29) is 11.5 Å². The minimum Gasteiger partial charge on any atom is -0.392 e. The second kappa shape index (κ2) is 5.89. The monoisotopic (exact) mass is 277 g/mol. The van der Waals surface area contributed by atoms with E-state index in [4.69, 9.17) is 28.9 Å². The number of nitrogens with one attached hydrogen (secondary N) is 2. The lowest BCUT2D eigenvalue weighted by atomic mass is 10.3. The maximum atomic E-state index is 11.3. The van der Waals surface area contributed by atoms with Gasteiger partial charge in [-0.25, -0.2) is 4.79 Å². The molecule has 0 aliphatic heterocycles. The number of halogens is 2. The summed E-state index contributed by atoms with van der Waals surface area (Å²) in [5, 5.41) is 5.83. The number of nitrogens with two attached hydrogens (primary N) is 1. The van der Waals surface area contributed by atoms with Gasteiger partial charge in [-0.3, -0.25) is 0 Å². The van der Waals surface area contributed by atoms with Gasteiger partial charge in [-0.2, -0.15) is 0 Å². The molecular formula is C9H9Cl2N3OS. The summed E-state index contributed by atoms with van der Waals surface area (Å²) in [5.41, 5.74) is 5.77. The predicted molar refractivity (Wildman–Crippen MR) is 70.3 cm³/mol. The van der Waals surface area contributed by atoms with Crippen LogP contribution in [0, 0.1) is 0 Å². The zero-order valence-corrected chi connectivity index (χ0v) is 10.4. The summed E-state index contributed by atoms with van der Waals surface area (Å²) in [5.74, 6) is 0. The Morgan fingerprint density at radius 1 is 1.38 bits per heavy atom. The fraction of sp³-hybridized carbons (Fsp3) is 0.111. The van der Waals surface area contributed by atoms with Crippen molar-refractivity contribution < 1.29 is 4.79 Å². The Kier molecular flexibility index (Phi) is 4.79. The molecule has 4 N–H and O–H groups in total. The number of thiocarbonyl (C=S) groups is 1. The molecule has 0 unspecified atom stereocenters. The molecule has 0 saturated carbocycles. The van der Waals surface area contributed by atoms with Gasteiger partial charge in [-0.15, -0.1) is 0 Å². The minimum atomic E-state index is -0.411. The average molecular weight is 278 g/mol. The Balaban J connectivity index is 2.56. The summed E-state index contributed by atoms with van der Waals surface area (Å²) in [7, 11) is 0. The molecule has 1 rings (SSSR count). The van der Waals surface area contributed by atoms with Crippen LogP contribution in [0.2, 0.25) is 10.0 Å². The van der Waals surface area contributed by atoms with E-state index >= 15 is 0 Å². The van der Waals surface area contributed by atoms with Gasteiger partial charge in [-0.05, 0) is 18.2 Å². The Hall–Kier alpha value is -1.04. The second-order valence-corrected chi connectivity index (χ2v) is 4.24.